The molecule has 0 fully saturated rings. The average molecular weight is 740 g/mol. The molecule has 0 N–H and O–H groups in total. The first kappa shape index (κ1) is 34.7. The molecule has 3 heteroatoms. The number of nitrogens with zero attached hydrogens (tertiary/aromatic N) is 3. The molecule has 1 heterocycles. The molecule has 58 heavy (non-hydrogen) atoms. The molecular formula is C55H37N3. The predicted molar refractivity (Wildman–Crippen MR) is 241 cm³/mol. The van der Waals surface area contributed by atoms with Gasteiger partial charge in [0.1, 0.15) is 0 Å². The van der Waals surface area contributed by atoms with Crippen molar-refractivity contribution in [1.29, 1.82) is 0 Å². The summed E-state index contributed by atoms with van der Waals surface area (Å²) in [5.74, 6) is 1.90. The van der Waals surface area contributed by atoms with Gasteiger partial charge in [-0.05, 0) is 103 Å². The Labute approximate surface area is 338 Å². The SMILES string of the molecule is c1ccc(-c2cc(-c3ccccc3)cc(-c3cc(-c4cc(-c5nc(-c6ccccc6)nc(-c6ccccc6)n5)ccc4-c4ccccc4)cc4ccccc34)c2)cc1. The smallest absolute Gasteiger partial charge is 0.164 e. The van der Waals surface area contributed by atoms with Crippen LogP contribution in [-0.4, -0.2) is 15.0 Å². The summed E-state index contributed by atoms with van der Waals surface area (Å²) in [6.07, 6.45) is 0. The van der Waals surface area contributed by atoms with E-state index in [0.29, 0.717) is 17.5 Å². The quantitative estimate of drug-likeness (QED) is 0.156. The van der Waals surface area contributed by atoms with Gasteiger partial charge in [0.15, 0.2) is 17.5 Å². The molecule has 9 aromatic carbocycles. The lowest BCUT2D eigenvalue weighted by Crippen LogP contribution is -2.00. The summed E-state index contributed by atoms with van der Waals surface area (Å²) < 4.78 is 0. The Hall–Kier alpha value is -7.75. The maximum absolute atomic E-state index is 5.11. The van der Waals surface area contributed by atoms with Gasteiger partial charge in [-0.3, -0.25) is 0 Å². The van der Waals surface area contributed by atoms with Crippen molar-refractivity contribution in [2.24, 2.45) is 0 Å². The monoisotopic (exact) mass is 739 g/mol. The molecule has 0 aliphatic heterocycles. The van der Waals surface area contributed by atoms with Crippen molar-refractivity contribution >= 4 is 10.8 Å². The molecule has 0 aliphatic rings. The third kappa shape index (κ3) is 6.98. The van der Waals surface area contributed by atoms with E-state index in [0.717, 1.165) is 44.5 Å². The minimum Gasteiger partial charge on any atom is -0.208 e. The van der Waals surface area contributed by atoms with E-state index < -0.39 is 0 Å². The van der Waals surface area contributed by atoms with Crippen molar-refractivity contribution in [3.8, 4) is 89.8 Å². The number of hydrogen-bond acceptors (Lipinski definition) is 3. The number of fused-ring (bicyclic) bond motifs is 1. The zero-order chi connectivity index (χ0) is 38.7. The molecule has 0 saturated carbocycles. The van der Waals surface area contributed by atoms with Crippen LogP contribution in [0.2, 0.25) is 0 Å². The van der Waals surface area contributed by atoms with Crippen LogP contribution in [-0.2, 0) is 0 Å². The molecule has 272 valence electrons. The van der Waals surface area contributed by atoms with E-state index in [9.17, 15) is 0 Å². The number of hydrogen-bond donors (Lipinski definition) is 0. The maximum atomic E-state index is 5.11. The van der Waals surface area contributed by atoms with Crippen LogP contribution in [0, 0.1) is 0 Å². The molecule has 0 saturated heterocycles. The minimum absolute atomic E-state index is 0.623. The summed E-state index contributed by atoms with van der Waals surface area (Å²) in [4.78, 5) is 15.2. The van der Waals surface area contributed by atoms with E-state index in [1.165, 1.54) is 38.6 Å². The molecular weight excluding hydrogens is 703 g/mol. The van der Waals surface area contributed by atoms with Crippen LogP contribution in [0.4, 0.5) is 0 Å². The lowest BCUT2D eigenvalue weighted by Gasteiger charge is -2.17. The third-order valence-corrected chi connectivity index (χ3v) is 10.7. The van der Waals surface area contributed by atoms with Gasteiger partial charge in [-0.25, -0.2) is 15.0 Å². The second-order valence-electron chi connectivity index (χ2n) is 14.4. The Bertz CT molecular complexity index is 2900. The van der Waals surface area contributed by atoms with Gasteiger partial charge in [0, 0.05) is 16.7 Å². The molecule has 0 bridgehead atoms. The van der Waals surface area contributed by atoms with Crippen molar-refractivity contribution in [3.63, 3.8) is 0 Å². The van der Waals surface area contributed by atoms with E-state index in [4.69, 9.17) is 15.0 Å². The van der Waals surface area contributed by atoms with Crippen LogP contribution in [0.3, 0.4) is 0 Å². The van der Waals surface area contributed by atoms with Crippen LogP contribution in [0.15, 0.2) is 224 Å². The zero-order valence-corrected chi connectivity index (χ0v) is 31.7. The number of benzene rings is 9. The van der Waals surface area contributed by atoms with Gasteiger partial charge < -0.3 is 0 Å². The van der Waals surface area contributed by atoms with E-state index in [2.05, 4.69) is 164 Å². The Kier molecular flexibility index (Phi) is 9.23. The van der Waals surface area contributed by atoms with Crippen molar-refractivity contribution in [2.45, 2.75) is 0 Å². The standard InChI is InChI=1S/C55H37N3/c1-6-18-38(19-7-1)45-33-46(39-20-8-2-9-21-39)35-47(34-45)52-37-48(32-43-28-16-17-29-49(43)52)51-36-44(30-31-50(51)40-22-10-3-11-23-40)55-57-53(41-24-12-4-13-25-41)56-54(58-55)42-26-14-5-15-27-42/h1-37H. The Morgan fingerprint density at radius 3 is 1.14 bits per heavy atom. The number of aromatic nitrogens is 3. The van der Waals surface area contributed by atoms with E-state index in [1.54, 1.807) is 0 Å². The second kappa shape index (κ2) is 15.4. The molecule has 1 aromatic heterocycles. The molecule has 0 unspecified atom stereocenters. The van der Waals surface area contributed by atoms with Gasteiger partial charge in [-0.15, -0.1) is 0 Å². The van der Waals surface area contributed by atoms with Crippen molar-refractivity contribution in [3.05, 3.63) is 224 Å². The number of rotatable bonds is 8. The fraction of sp³-hybridized carbons (Fsp3) is 0. The lowest BCUT2D eigenvalue weighted by molar-refractivity contribution is 1.07. The lowest BCUT2D eigenvalue weighted by atomic mass is 9.87. The third-order valence-electron chi connectivity index (χ3n) is 10.7. The molecule has 0 atom stereocenters. The summed E-state index contributed by atoms with van der Waals surface area (Å²) in [7, 11) is 0. The van der Waals surface area contributed by atoms with Crippen molar-refractivity contribution in [2.75, 3.05) is 0 Å². The maximum Gasteiger partial charge on any atom is 0.164 e. The topological polar surface area (TPSA) is 38.7 Å². The zero-order valence-electron chi connectivity index (χ0n) is 31.7. The normalized spacial score (nSPS) is 11.1. The predicted octanol–water partition coefficient (Wildman–Crippen LogP) is 14.4. The largest absolute Gasteiger partial charge is 0.208 e. The van der Waals surface area contributed by atoms with E-state index in [-0.39, 0.29) is 0 Å². The molecule has 0 amide bonds. The molecule has 10 rings (SSSR count). The van der Waals surface area contributed by atoms with E-state index in [1.807, 2.05) is 60.7 Å². The van der Waals surface area contributed by atoms with Gasteiger partial charge in [-0.1, -0.05) is 188 Å². The summed E-state index contributed by atoms with van der Waals surface area (Å²) in [6, 6.07) is 79.2. The van der Waals surface area contributed by atoms with Crippen LogP contribution in [0.25, 0.3) is 101 Å². The Morgan fingerprint density at radius 1 is 0.207 bits per heavy atom. The first-order valence-electron chi connectivity index (χ1n) is 19.6. The summed E-state index contributed by atoms with van der Waals surface area (Å²) >= 11 is 0. The molecule has 0 aliphatic carbocycles. The fourth-order valence-corrected chi connectivity index (χ4v) is 7.81. The molecule has 0 radical (unpaired) electrons. The van der Waals surface area contributed by atoms with Crippen LogP contribution >= 0.6 is 0 Å². The molecule has 0 spiro atoms. The van der Waals surface area contributed by atoms with E-state index >= 15 is 0 Å². The van der Waals surface area contributed by atoms with Crippen LogP contribution in [0.5, 0.6) is 0 Å². The van der Waals surface area contributed by atoms with Gasteiger partial charge in [0.25, 0.3) is 0 Å². The van der Waals surface area contributed by atoms with Crippen molar-refractivity contribution in [1.82, 2.24) is 15.0 Å². The molecule has 3 nitrogen and oxygen atoms in total. The average Bonchev–Trinajstić information content (AvgIpc) is 3.32. The van der Waals surface area contributed by atoms with Gasteiger partial charge in [-0.2, -0.15) is 0 Å². The second-order valence-corrected chi connectivity index (χ2v) is 14.4. The Balaban J connectivity index is 1.20. The van der Waals surface area contributed by atoms with Gasteiger partial charge >= 0.3 is 0 Å². The summed E-state index contributed by atoms with van der Waals surface area (Å²) in [5, 5.41) is 2.37. The van der Waals surface area contributed by atoms with Crippen LogP contribution < -0.4 is 0 Å². The highest BCUT2D eigenvalue weighted by atomic mass is 15.0. The van der Waals surface area contributed by atoms with Gasteiger partial charge in [0.05, 0.1) is 0 Å². The minimum atomic E-state index is 0.623. The highest BCUT2D eigenvalue weighted by Gasteiger charge is 2.18. The molecule has 10 aromatic rings. The van der Waals surface area contributed by atoms with Gasteiger partial charge in [0.2, 0.25) is 0 Å². The fourth-order valence-electron chi connectivity index (χ4n) is 7.81. The highest BCUT2D eigenvalue weighted by molar-refractivity contribution is 6.03. The Morgan fingerprint density at radius 2 is 0.603 bits per heavy atom. The summed E-state index contributed by atoms with van der Waals surface area (Å²) in [5.41, 5.74) is 14.3. The first-order valence-corrected chi connectivity index (χ1v) is 19.6. The van der Waals surface area contributed by atoms with Crippen molar-refractivity contribution < 1.29 is 0 Å². The highest BCUT2D eigenvalue weighted by Crippen LogP contribution is 2.42. The first-order chi connectivity index (χ1) is 28.7. The summed E-state index contributed by atoms with van der Waals surface area (Å²) in [6.45, 7) is 0. The van der Waals surface area contributed by atoms with Crippen LogP contribution in [0.1, 0.15) is 0 Å².